The van der Waals surface area contributed by atoms with Crippen LogP contribution in [0.4, 0.5) is 0 Å². The van der Waals surface area contributed by atoms with E-state index in [-0.39, 0.29) is 23.8 Å². The van der Waals surface area contributed by atoms with E-state index in [1.54, 1.807) is 10.9 Å². The van der Waals surface area contributed by atoms with Gasteiger partial charge in [0.05, 0.1) is 30.4 Å². The predicted molar refractivity (Wildman–Crippen MR) is 118 cm³/mol. The Kier molecular flexibility index (Phi) is 6.04. The summed E-state index contributed by atoms with van der Waals surface area (Å²) in [5.74, 6) is 0.774. The molecule has 2 atom stereocenters. The summed E-state index contributed by atoms with van der Waals surface area (Å²) < 4.78 is 13.0. The Bertz CT molecular complexity index is 1090. The number of aromatic nitrogens is 4. The van der Waals surface area contributed by atoms with Crippen LogP contribution in [0.2, 0.25) is 0 Å². The quantitative estimate of drug-likeness (QED) is 0.508. The summed E-state index contributed by atoms with van der Waals surface area (Å²) in [4.78, 5) is 13.2. The molecule has 32 heavy (non-hydrogen) atoms. The number of furan rings is 1. The van der Waals surface area contributed by atoms with Crippen LogP contribution in [0.1, 0.15) is 42.2 Å². The first kappa shape index (κ1) is 20.9. The Hall–Kier alpha value is -2.98. The first-order chi connectivity index (χ1) is 15.7. The number of hydrazone groups is 1. The molecule has 1 amide bonds. The monoisotopic (exact) mass is 452 g/mol. The van der Waals surface area contributed by atoms with Crippen molar-refractivity contribution in [2.45, 2.75) is 50.0 Å². The van der Waals surface area contributed by atoms with Crippen LogP contribution in [0.5, 0.6) is 0 Å². The molecule has 2 aliphatic heterocycles. The van der Waals surface area contributed by atoms with Gasteiger partial charge in [-0.1, -0.05) is 41.6 Å². The van der Waals surface area contributed by atoms with Gasteiger partial charge >= 0.3 is 0 Å². The van der Waals surface area contributed by atoms with E-state index in [1.807, 2.05) is 43.3 Å². The molecule has 0 saturated carbocycles. The van der Waals surface area contributed by atoms with Crippen molar-refractivity contribution in [3.63, 3.8) is 0 Å². The van der Waals surface area contributed by atoms with Crippen LogP contribution in [-0.2, 0) is 16.1 Å². The largest absolute Gasteiger partial charge is 0.467 e. The van der Waals surface area contributed by atoms with Crippen molar-refractivity contribution in [3.8, 4) is 0 Å². The Balaban J connectivity index is 1.30. The highest BCUT2D eigenvalue weighted by atomic mass is 32.2. The number of carbonyl (C=O) groups excluding carboxylic acids is 1. The molecule has 1 fully saturated rings. The van der Waals surface area contributed by atoms with E-state index < -0.39 is 0 Å². The summed E-state index contributed by atoms with van der Waals surface area (Å²) in [6.45, 7) is 3.42. The van der Waals surface area contributed by atoms with E-state index in [1.165, 1.54) is 22.3 Å². The molecule has 1 aromatic carbocycles. The van der Waals surface area contributed by atoms with E-state index >= 15 is 0 Å². The van der Waals surface area contributed by atoms with Crippen molar-refractivity contribution in [1.29, 1.82) is 0 Å². The molecule has 10 heteroatoms. The molecule has 1 saturated heterocycles. The zero-order valence-corrected chi connectivity index (χ0v) is 18.6. The molecule has 0 aliphatic carbocycles. The Morgan fingerprint density at radius 1 is 1.25 bits per heavy atom. The molecule has 2 aromatic heterocycles. The average Bonchev–Trinajstić information content (AvgIpc) is 3.60. The molecule has 3 aromatic rings. The summed E-state index contributed by atoms with van der Waals surface area (Å²) in [7, 11) is 0. The highest BCUT2D eigenvalue weighted by Gasteiger charge is 2.35. The maximum Gasteiger partial charge on any atom is 0.253 e. The molecular formula is C22H24N6O3S. The molecule has 0 radical (unpaired) electrons. The van der Waals surface area contributed by atoms with Gasteiger partial charge in [0.25, 0.3) is 5.91 Å². The van der Waals surface area contributed by atoms with Crippen molar-refractivity contribution in [1.82, 2.24) is 25.2 Å². The number of hydrogen-bond donors (Lipinski definition) is 0. The summed E-state index contributed by atoms with van der Waals surface area (Å²) in [5.41, 5.74) is 3.06. The number of benzene rings is 1. The van der Waals surface area contributed by atoms with Crippen LogP contribution in [0.3, 0.4) is 0 Å². The molecule has 9 nitrogen and oxygen atoms in total. The molecule has 0 unspecified atom stereocenters. The molecule has 4 heterocycles. The van der Waals surface area contributed by atoms with Gasteiger partial charge < -0.3 is 9.15 Å². The van der Waals surface area contributed by atoms with Gasteiger partial charge in [-0.25, -0.2) is 9.69 Å². The first-order valence-electron chi connectivity index (χ1n) is 10.7. The van der Waals surface area contributed by atoms with Gasteiger partial charge in [0, 0.05) is 13.0 Å². The number of aryl methyl sites for hydroxylation is 1. The first-order valence-corrected chi connectivity index (χ1v) is 11.7. The van der Waals surface area contributed by atoms with Crippen molar-refractivity contribution in [2.75, 3.05) is 12.4 Å². The van der Waals surface area contributed by atoms with Crippen LogP contribution in [0.25, 0.3) is 0 Å². The molecule has 0 N–H and O–H groups in total. The maximum atomic E-state index is 13.2. The number of amides is 1. The van der Waals surface area contributed by atoms with Crippen LogP contribution in [0, 0.1) is 6.92 Å². The van der Waals surface area contributed by atoms with Gasteiger partial charge in [-0.3, -0.25) is 4.79 Å². The fraction of sp³-hybridized carbons (Fsp3) is 0.409. The second-order valence-corrected chi connectivity index (χ2v) is 8.90. The summed E-state index contributed by atoms with van der Waals surface area (Å²) in [6.07, 6.45) is 4.40. The third-order valence-corrected chi connectivity index (χ3v) is 6.59. The molecule has 5 rings (SSSR count). The maximum absolute atomic E-state index is 13.2. The minimum absolute atomic E-state index is 0.120. The normalized spacial score (nSPS) is 20.7. The Labute approximate surface area is 189 Å². The van der Waals surface area contributed by atoms with Crippen molar-refractivity contribution < 1.29 is 13.9 Å². The molecular weight excluding hydrogens is 428 g/mol. The summed E-state index contributed by atoms with van der Waals surface area (Å²) >= 11 is 1.31. The molecule has 0 spiro atoms. The van der Waals surface area contributed by atoms with Crippen molar-refractivity contribution in [3.05, 3.63) is 59.5 Å². The summed E-state index contributed by atoms with van der Waals surface area (Å²) in [5, 5.41) is 18.7. The van der Waals surface area contributed by atoms with Gasteiger partial charge in [0.2, 0.25) is 5.16 Å². The molecule has 166 valence electrons. The van der Waals surface area contributed by atoms with Crippen LogP contribution < -0.4 is 0 Å². The topological polar surface area (TPSA) is 98.6 Å². The fourth-order valence-corrected chi connectivity index (χ4v) is 4.69. The SMILES string of the molecule is Cc1ccc(C2=NN(C(=O)CSc3nnnn3C[C@@H]3CCCO3)[C@H](c3ccco3)C2)cc1. The van der Waals surface area contributed by atoms with Crippen LogP contribution >= 0.6 is 11.8 Å². The lowest BCUT2D eigenvalue weighted by Gasteiger charge is -2.19. The zero-order valence-electron chi connectivity index (χ0n) is 17.8. The third kappa shape index (κ3) is 4.46. The van der Waals surface area contributed by atoms with Crippen LogP contribution in [-0.4, -0.2) is 55.3 Å². The number of ether oxygens (including phenoxy) is 1. The number of thioether (sulfide) groups is 1. The predicted octanol–water partition coefficient (Wildman–Crippen LogP) is 3.22. The standard InChI is InChI=1S/C22H24N6O3S/c1-15-6-8-16(9-7-15)18-12-19(20-5-3-11-31-20)28(24-18)21(29)14-32-22-23-25-26-27(22)13-17-4-2-10-30-17/h3,5-9,11,17,19H,2,4,10,12-14H2,1H3/t17-,19-/m0/s1. The molecule has 2 aliphatic rings. The van der Waals surface area contributed by atoms with Gasteiger partial charge in [0.1, 0.15) is 11.8 Å². The van der Waals surface area contributed by atoms with E-state index in [9.17, 15) is 4.79 Å². The van der Waals surface area contributed by atoms with Crippen molar-refractivity contribution >= 4 is 23.4 Å². The Morgan fingerprint density at radius 2 is 2.12 bits per heavy atom. The second kappa shape index (κ2) is 9.25. The van der Waals surface area contributed by atoms with Gasteiger partial charge in [-0.15, -0.1) is 5.10 Å². The zero-order chi connectivity index (χ0) is 21.9. The Morgan fingerprint density at radius 3 is 2.88 bits per heavy atom. The molecule has 0 bridgehead atoms. The smallest absolute Gasteiger partial charge is 0.253 e. The van der Waals surface area contributed by atoms with E-state index in [2.05, 4.69) is 20.6 Å². The van der Waals surface area contributed by atoms with Gasteiger partial charge in [-0.2, -0.15) is 5.10 Å². The lowest BCUT2D eigenvalue weighted by Crippen LogP contribution is -2.28. The number of carbonyl (C=O) groups is 1. The summed E-state index contributed by atoms with van der Waals surface area (Å²) in [6, 6.07) is 11.6. The lowest BCUT2D eigenvalue weighted by molar-refractivity contribution is -0.130. The lowest BCUT2D eigenvalue weighted by atomic mass is 10.0. The van der Waals surface area contributed by atoms with Crippen molar-refractivity contribution in [2.24, 2.45) is 5.10 Å². The van der Waals surface area contributed by atoms with Gasteiger partial charge in [-0.05, 0) is 47.9 Å². The number of rotatable bonds is 7. The number of tetrazole rings is 1. The number of hydrogen-bond acceptors (Lipinski definition) is 8. The fourth-order valence-electron chi connectivity index (χ4n) is 3.95. The average molecular weight is 453 g/mol. The number of nitrogens with zero attached hydrogens (tertiary/aromatic N) is 6. The minimum Gasteiger partial charge on any atom is -0.467 e. The van der Waals surface area contributed by atoms with E-state index in [0.29, 0.717) is 18.1 Å². The minimum atomic E-state index is -0.266. The second-order valence-electron chi connectivity index (χ2n) is 7.95. The van der Waals surface area contributed by atoms with E-state index in [4.69, 9.17) is 9.15 Å². The van der Waals surface area contributed by atoms with Crippen LogP contribution in [0.15, 0.2) is 57.3 Å². The van der Waals surface area contributed by atoms with E-state index in [0.717, 1.165) is 36.5 Å². The van der Waals surface area contributed by atoms with Gasteiger partial charge in [0.15, 0.2) is 0 Å². The highest BCUT2D eigenvalue weighted by molar-refractivity contribution is 7.99. The third-order valence-electron chi connectivity index (χ3n) is 5.65. The highest BCUT2D eigenvalue weighted by Crippen LogP contribution is 2.34.